The summed E-state index contributed by atoms with van der Waals surface area (Å²) in [7, 11) is -0.168. The quantitative estimate of drug-likeness (QED) is 0.442. The lowest BCUT2D eigenvalue weighted by atomic mass is 9.98. The first-order chi connectivity index (χ1) is 16.6. The first-order valence-electron chi connectivity index (χ1n) is 10.8. The minimum absolute atomic E-state index is 0.185. The summed E-state index contributed by atoms with van der Waals surface area (Å²) >= 11 is 0. The number of cyclic esters (lactones) is 1. The molecule has 0 amide bonds. The van der Waals surface area contributed by atoms with E-state index in [0.717, 1.165) is 0 Å². The van der Waals surface area contributed by atoms with Gasteiger partial charge in [0.15, 0.2) is 6.10 Å². The van der Waals surface area contributed by atoms with Gasteiger partial charge in [0.2, 0.25) is 0 Å². The number of benzene rings is 3. The fraction of sp³-hybridized carbons (Fsp3) is 0.185. The molecule has 0 fully saturated rings. The zero-order chi connectivity index (χ0) is 23.9. The fourth-order valence-corrected chi connectivity index (χ4v) is 5.41. The van der Waals surface area contributed by atoms with Crippen molar-refractivity contribution < 1.29 is 28.0 Å². The van der Waals surface area contributed by atoms with Crippen molar-refractivity contribution in [2.45, 2.75) is 28.8 Å². The maximum atomic E-state index is 13.9. The van der Waals surface area contributed by atoms with Gasteiger partial charge in [-0.05, 0) is 29.8 Å². The highest BCUT2D eigenvalue weighted by atomic mass is 32.2. The molecule has 0 aromatic heterocycles. The van der Waals surface area contributed by atoms with Crippen molar-refractivity contribution in [1.29, 1.82) is 0 Å². The van der Waals surface area contributed by atoms with E-state index < -0.39 is 40.2 Å². The number of carbonyl (C=O) groups is 2. The SMILES string of the molecule is COC1=CC(=O)O[C@@H](C(OC(=O)c2ccccc2)C(c2ccccc2)S(=O)c2ccccc2)C1. The van der Waals surface area contributed by atoms with Crippen molar-refractivity contribution in [3.63, 3.8) is 0 Å². The first kappa shape index (κ1) is 23.4. The van der Waals surface area contributed by atoms with E-state index >= 15 is 0 Å². The molecule has 3 unspecified atom stereocenters. The molecule has 0 saturated heterocycles. The number of esters is 2. The van der Waals surface area contributed by atoms with E-state index in [-0.39, 0.29) is 6.42 Å². The molecule has 1 heterocycles. The van der Waals surface area contributed by atoms with Gasteiger partial charge in [0.1, 0.15) is 17.1 Å². The van der Waals surface area contributed by atoms with E-state index in [0.29, 0.717) is 21.8 Å². The molecule has 7 heteroatoms. The Balaban J connectivity index is 1.79. The fourth-order valence-electron chi connectivity index (χ4n) is 3.82. The number of ether oxygens (including phenoxy) is 3. The molecule has 4 rings (SSSR count). The molecule has 3 aromatic rings. The molecular formula is C27H24O6S. The predicted octanol–water partition coefficient (Wildman–Crippen LogP) is 4.61. The zero-order valence-electron chi connectivity index (χ0n) is 18.5. The third kappa shape index (κ3) is 5.43. The van der Waals surface area contributed by atoms with Crippen molar-refractivity contribution in [3.8, 4) is 0 Å². The number of hydrogen-bond acceptors (Lipinski definition) is 6. The van der Waals surface area contributed by atoms with Crippen LogP contribution in [-0.2, 0) is 29.8 Å². The smallest absolute Gasteiger partial charge is 0.338 e. The minimum atomic E-state index is -1.63. The highest BCUT2D eigenvalue weighted by Gasteiger charge is 2.42. The minimum Gasteiger partial charge on any atom is -0.501 e. The molecule has 0 N–H and O–H groups in total. The van der Waals surface area contributed by atoms with Crippen LogP contribution >= 0.6 is 0 Å². The second-order valence-electron chi connectivity index (χ2n) is 7.67. The summed E-state index contributed by atoms with van der Waals surface area (Å²) in [6, 6.07) is 26.6. The Labute approximate surface area is 200 Å². The molecule has 3 aromatic carbocycles. The van der Waals surface area contributed by atoms with Crippen LogP contribution in [0, 0.1) is 0 Å². The number of rotatable bonds is 8. The van der Waals surface area contributed by atoms with Crippen LogP contribution in [0.2, 0.25) is 0 Å². The highest BCUT2D eigenvalue weighted by Crippen LogP contribution is 2.36. The molecular weight excluding hydrogens is 452 g/mol. The maximum Gasteiger partial charge on any atom is 0.338 e. The normalized spacial score (nSPS) is 18.1. The van der Waals surface area contributed by atoms with Gasteiger partial charge in [0, 0.05) is 11.3 Å². The van der Waals surface area contributed by atoms with Gasteiger partial charge in [-0.15, -0.1) is 0 Å². The summed E-state index contributed by atoms with van der Waals surface area (Å²) in [6.45, 7) is 0. The molecule has 174 valence electrons. The summed E-state index contributed by atoms with van der Waals surface area (Å²) in [6.07, 6.45) is -0.486. The Bertz CT molecular complexity index is 1180. The zero-order valence-corrected chi connectivity index (χ0v) is 19.4. The Morgan fingerprint density at radius 1 is 0.941 bits per heavy atom. The Hall–Kier alpha value is -3.71. The van der Waals surface area contributed by atoms with Crippen molar-refractivity contribution in [2.24, 2.45) is 0 Å². The van der Waals surface area contributed by atoms with Crippen LogP contribution in [0.3, 0.4) is 0 Å². The molecule has 4 atom stereocenters. The average Bonchev–Trinajstić information content (AvgIpc) is 2.89. The van der Waals surface area contributed by atoms with Crippen LogP contribution in [-0.4, -0.2) is 35.5 Å². The first-order valence-corrected chi connectivity index (χ1v) is 12.0. The number of carbonyl (C=O) groups excluding carboxylic acids is 2. The van der Waals surface area contributed by atoms with Gasteiger partial charge in [0.05, 0.1) is 29.5 Å². The standard InChI is InChI=1S/C27H24O6S/c1-31-21-17-23(32-24(28)18-21)25(33-27(29)20-13-7-3-8-14-20)26(19-11-5-2-6-12-19)34(30)22-15-9-4-10-16-22/h2-16,18,23,25-26H,17H2,1H3/t23-,25?,26?,34?/m1/s1. The number of hydrogen-bond donors (Lipinski definition) is 0. The van der Waals surface area contributed by atoms with E-state index in [1.54, 1.807) is 54.6 Å². The van der Waals surface area contributed by atoms with E-state index in [2.05, 4.69) is 0 Å². The second kappa shape index (κ2) is 10.9. The van der Waals surface area contributed by atoms with Gasteiger partial charge in [-0.2, -0.15) is 0 Å². The van der Waals surface area contributed by atoms with Crippen LogP contribution < -0.4 is 0 Å². The summed E-state index contributed by atoms with van der Waals surface area (Å²) < 4.78 is 30.8. The lowest BCUT2D eigenvalue weighted by Gasteiger charge is -2.34. The van der Waals surface area contributed by atoms with Crippen molar-refractivity contribution in [2.75, 3.05) is 7.11 Å². The average molecular weight is 477 g/mol. The number of methoxy groups -OCH3 is 1. The summed E-state index contributed by atoms with van der Waals surface area (Å²) in [5.74, 6) is -0.799. The van der Waals surface area contributed by atoms with Crippen molar-refractivity contribution in [3.05, 3.63) is 114 Å². The van der Waals surface area contributed by atoms with Gasteiger partial charge in [-0.3, -0.25) is 4.21 Å². The third-order valence-electron chi connectivity index (χ3n) is 5.46. The van der Waals surface area contributed by atoms with Crippen LogP contribution in [0.1, 0.15) is 27.6 Å². The lowest BCUT2D eigenvalue weighted by Crippen LogP contribution is -2.43. The van der Waals surface area contributed by atoms with Crippen molar-refractivity contribution >= 4 is 22.7 Å². The van der Waals surface area contributed by atoms with Gasteiger partial charge >= 0.3 is 11.9 Å². The summed E-state index contributed by atoms with van der Waals surface area (Å²) in [5, 5.41) is -0.801. The van der Waals surface area contributed by atoms with Gasteiger partial charge < -0.3 is 14.2 Å². The molecule has 0 aliphatic carbocycles. The summed E-state index contributed by atoms with van der Waals surface area (Å²) in [5.41, 5.74) is 1.04. The van der Waals surface area contributed by atoms with E-state index in [4.69, 9.17) is 14.2 Å². The second-order valence-corrected chi connectivity index (χ2v) is 9.25. The Morgan fingerprint density at radius 3 is 2.15 bits per heavy atom. The maximum absolute atomic E-state index is 13.9. The van der Waals surface area contributed by atoms with Gasteiger partial charge in [-0.1, -0.05) is 66.7 Å². The molecule has 6 nitrogen and oxygen atoms in total. The lowest BCUT2D eigenvalue weighted by molar-refractivity contribution is -0.152. The van der Waals surface area contributed by atoms with Crippen LogP contribution in [0.4, 0.5) is 0 Å². The monoisotopic (exact) mass is 476 g/mol. The predicted molar refractivity (Wildman–Crippen MR) is 127 cm³/mol. The highest BCUT2D eigenvalue weighted by molar-refractivity contribution is 7.85. The molecule has 0 spiro atoms. The molecule has 0 saturated carbocycles. The van der Waals surface area contributed by atoms with Crippen LogP contribution in [0.25, 0.3) is 0 Å². The van der Waals surface area contributed by atoms with Gasteiger partial charge in [-0.25, -0.2) is 9.59 Å². The molecule has 34 heavy (non-hydrogen) atoms. The van der Waals surface area contributed by atoms with Crippen LogP contribution in [0.5, 0.6) is 0 Å². The van der Waals surface area contributed by atoms with Crippen LogP contribution in [0.15, 0.2) is 108 Å². The molecule has 0 bridgehead atoms. The van der Waals surface area contributed by atoms with E-state index in [1.807, 2.05) is 36.4 Å². The van der Waals surface area contributed by atoms with E-state index in [1.165, 1.54) is 13.2 Å². The Morgan fingerprint density at radius 2 is 1.53 bits per heavy atom. The largest absolute Gasteiger partial charge is 0.501 e. The van der Waals surface area contributed by atoms with Gasteiger partial charge in [0.25, 0.3) is 0 Å². The third-order valence-corrected chi connectivity index (χ3v) is 7.20. The molecule has 1 aliphatic rings. The topological polar surface area (TPSA) is 78.9 Å². The van der Waals surface area contributed by atoms with E-state index in [9.17, 15) is 13.8 Å². The molecule has 1 aliphatic heterocycles. The Kier molecular flexibility index (Phi) is 7.54. The molecule has 0 radical (unpaired) electrons. The van der Waals surface area contributed by atoms with Crippen molar-refractivity contribution in [1.82, 2.24) is 0 Å². The summed E-state index contributed by atoms with van der Waals surface area (Å²) in [4.78, 5) is 26.0.